The van der Waals surface area contributed by atoms with E-state index in [1.54, 1.807) is 6.07 Å². The zero-order chi connectivity index (χ0) is 24.7. The molecule has 0 unspecified atom stereocenters. The third kappa shape index (κ3) is 5.95. The first kappa shape index (κ1) is 25.7. The van der Waals surface area contributed by atoms with E-state index >= 15 is 0 Å². The molecule has 0 saturated heterocycles. The Morgan fingerprint density at radius 2 is 1.65 bits per heavy atom. The quantitative estimate of drug-likeness (QED) is 0.328. The normalized spacial score (nSPS) is 11.7. The molecule has 0 aliphatic carbocycles. The van der Waals surface area contributed by atoms with Crippen molar-refractivity contribution in [2.24, 2.45) is 0 Å². The molecule has 180 valence electrons. The summed E-state index contributed by atoms with van der Waals surface area (Å²) in [6.07, 6.45) is 6.39. The third-order valence-electron chi connectivity index (χ3n) is 6.13. The third-order valence-corrected chi connectivity index (χ3v) is 6.13. The number of unbranched alkanes of at least 4 members (excludes halogenated alkanes) is 1. The largest absolute Gasteiger partial charge is 0.488 e. The zero-order valence-corrected chi connectivity index (χ0v) is 21.1. The minimum absolute atomic E-state index is 0.0919. The van der Waals surface area contributed by atoms with Crippen molar-refractivity contribution in [1.29, 1.82) is 0 Å². The molecule has 0 heterocycles. The molecular weight excluding hydrogens is 423 g/mol. The summed E-state index contributed by atoms with van der Waals surface area (Å²) in [7, 11) is 0. The highest BCUT2D eigenvalue weighted by atomic mass is 19.1. The van der Waals surface area contributed by atoms with Crippen molar-refractivity contribution in [3.63, 3.8) is 0 Å². The van der Waals surface area contributed by atoms with Gasteiger partial charge in [0.25, 0.3) is 0 Å². The first-order valence-electron chi connectivity index (χ1n) is 12.3. The second-order valence-corrected chi connectivity index (χ2v) is 9.40. The molecule has 0 aliphatic heterocycles. The molecule has 0 amide bonds. The molecule has 3 aromatic carbocycles. The van der Waals surface area contributed by atoms with Gasteiger partial charge < -0.3 is 9.84 Å². The molecule has 3 heteroatoms. The van der Waals surface area contributed by atoms with Gasteiger partial charge in [-0.3, -0.25) is 0 Å². The number of hydrogen-bond donors (Lipinski definition) is 1. The highest BCUT2D eigenvalue weighted by molar-refractivity contribution is 5.84. The number of ether oxygens (including phenoxy) is 1. The number of rotatable bonds is 10. The Balaban J connectivity index is 2.28. The maximum absolute atomic E-state index is 14.4. The first-order valence-corrected chi connectivity index (χ1v) is 12.3. The number of hydrogen-bond acceptors (Lipinski definition) is 2. The molecule has 0 spiro atoms. The summed E-state index contributed by atoms with van der Waals surface area (Å²) in [5.74, 6) is 0.671. The Morgan fingerprint density at radius 1 is 0.941 bits per heavy atom. The lowest BCUT2D eigenvalue weighted by molar-refractivity contribution is 0.280. The van der Waals surface area contributed by atoms with Gasteiger partial charge in [-0.2, -0.15) is 0 Å². The highest BCUT2D eigenvalue weighted by Crippen LogP contribution is 2.43. The minimum Gasteiger partial charge on any atom is -0.488 e. The summed E-state index contributed by atoms with van der Waals surface area (Å²) in [6.45, 7) is 11.1. The van der Waals surface area contributed by atoms with Crippen molar-refractivity contribution >= 4 is 6.08 Å². The van der Waals surface area contributed by atoms with Crippen LogP contribution in [0.1, 0.15) is 87.1 Å². The predicted octanol–water partition coefficient (Wildman–Crippen LogP) is 8.62. The van der Waals surface area contributed by atoms with Crippen molar-refractivity contribution < 1.29 is 14.2 Å². The fraction of sp³-hybridized carbons (Fsp3) is 0.355. The van der Waals surface area contributed by atoms with Crippen molar-refractivity contribution in [3.05, 3.63) is 94.3 Å². The van der Waals surface area contributed by atoms with E-state index in [-0.39, 0.29) is 18.3 Å². The molecule has 34 heavy (non-hydrogen) atoms. The fourth-order valence-corrected chi connectivity index (χ4v) is 4.36. The van der Waals surface area contributed by atoms with E-state index in [0.717, 1.165) is 46.2 Å². The molecule has 0 saturated carbocycles. The molecule has 2 nitrogen and oxygen atoms in total. The van der Waals surface area contributed by atoms with Crippen molar-refractivity contribution in [1.82, 2.24) is 0 Å². The Kier molecular flexibility index (Phi) is 9.06. The van der Waals surface area contributed by atoms with Gasteiger partial charge in [-0.05, 0) is 63.8 Å². The summed E-state index contributed by atoms with van der Waals surface area (Å²) in [6, 6.07) is 16.8. The van der Waals surface area contributed by atoms with Crippen LogP contribution in [0.5, 0.6) is 5.75 Å². The van der Waals surface area contributed by atoms with E-state index in [1.165, 1.54) is 17.7 Å². The molecule has 1 N–H and O–H groups in total. The van der Waals surface area contributed by atoms with Gasteiger partial charge in [0, 0.05) is 11.6 Å². The van der Waals surface area contributed by atoms with Crippen LogP contribution in [-0.4, -0.2) is 5.11 Å². The molecule has 0 aliphatic rings. The number of aliphatic hydroxyl groups is 1. The van der Waals surface area contributed by atoms with Crippen LogP contribution in [0.3, 0.4) is 0 Å². The highest BCUT2D eigenvalue weighted by Gasteiger charge is 2.23. The fourth-order valence-electron chi connectivity index (χ4n) is 4.36. The smallest absolute Gasteiger partial charge is 0.130 e. The van der Waals surface area contributed by atoms with E-state index in [9.17, 15) is 9.50 Å². The van der Waals surface area contributed by atoms with Gasteiger partial charge in [-0.1, -0.05) is 89.6 Å². The topological polar surface area (TPSA) is 29.5 Å². The summed E-state index contributed by atoms with van der Waals surface area (Å²) >= 11 is 0. The van der Waals surface area contributed by atoms with Crippen LogP contribution in [0, 0.1) is 5.82 Å². The molecule has 3 rings (SSSR count). The van der Waals surface area contributed by atoms with Gasteiger partial charge in [-0.25, -0.2) is 4.39 Å². The van der Waals surface area contributed by atoms with Crippen LogP contribution in [-0.2, 0) is 13.2 Å². The van der Waals surface area contributed by atoms with Crippen LogP contribution in [0.4, 0.5) is 4.39 Å². The monoisotopic (exact) mass is 460 g/mol. The van der Waals surface area contributed by atoms with E-state index < -0.39 is 0 Å². The molecule has 3 aromatic rings. The Bertz CT molecular complexity index is 1110. The zero-order valence-electron chi connectivity index (χ0n) is 21.1. The van der Waals surface area contributed by atoms with Gasteiger partial charge in [0.1, 0.15) is 18.2 Å². The number of aliphatic hydroxyl groups excluding tert-OH is 1. The maximum Gasteiger partial charge on any atom is 0.130 e. The van der Waals surface area contributed by atoms with E-state index in [2.05, 4.69) is 52.8 Å². The van der Waals surface area contributed by atoms with Crippen LogP contribution in [0.25, 0.3) is 17.2 Å². The van der Waals surface area contributed by atoms with Crippen LogP contribution < -0.4 is 4.74 Å². The Morgan fingerprint density at radius 3 is 2.26 bits per heavy atom. The van der Waals surface area contributed by atoms with Crippen LogP contribution in [0.15, 0.2) is 60.7 Å². The molecular formula is C31H37FO2. The van der Waals surface area contributed by atoms with E-state index in [1.807, 2.05) is 30.3 Å². The summed E-state index contributed by atoms with van der Waals surface area (Å²) < 4.78 is 20.6. The molecule has 0 aromatic heterocycles. The van der Waals surface area contributed by atoms with Crippen molar-refractivity contribution in [2.45, 2.75) is 72.5 Å². The van der Waals surface area contributed by atoms with E-state index in [0.29, 0.717) is 18.3 Å². The molecule has 0 atom stereocenters. The second kappa shape index (κ2) is 12.0. The van der Waals surface area contributed by atoms with Gasteiger partial charge in [0.05, 0.1) is 6.61 Å². The summed E-state index contributed by atoms with van der Waals surface area (Å²) in [5, 5.41) is 10.5. The maximum atomic E-state index is 14.4. The lowest BCUT2D eigenvalue weighted by atomic mass is 9.81. The predicted molar refractivity (Wildman–Crippen MR) is 141 cm³/mol. The minimum atomic E-state index is -0.343. The summed E-state index contributed by atoms with van der Waals surface area (Å²) in [5.41, 5.74) is 7.06. The van der Waals surface area contributed by atoms with Gasteiger partial charge in [-0.15, -0.1) is 0 Å². The van der Waals surface area contributed by atoms with Crippen LogP contribution in [0.2, 0.25) is 0 Å². The van der Waals surface area contributed by atoms with Gasteiger partial charge in [0.15, 0.2) is 0 Å². The summed E-state index contributed by atoms with van der Waals surface area (Å²) in [4.78, 5) is 0. The molecule has 0 fully saturated rings. The first-order chi connectivity index (χ1) is 16.4. The second-order valence-electron chi connectivity index (χ2n) is 9.40. The Labute approximate surface area is 204 Å². The number of allylic oxidation sites excluding steroid dienone is 1. The lowest BCUT2D eigenvalue weighted by Gasteiger charge is -2.25. The average molecular weight is 461 g/mol. The van der Waals surface area contributed by atoms with E-state index in [4.69, 9.17) is 4.74 Å². The Hall–Kier alpha value is -2.91. The van der Waals surface area contributed by atoms with Crippen LogP contribution >= 0.6 is 0 Å². The van der Waals surface area contributed by atoms with Gasteiger partial charge >= 0.3 is 0 Å². The molecule has 0 radical (unpaired) electrons. The average Bonchev–Trinajstić information content (AvgIpc) is 2.82. The standard InChI is InChI=1S/C31H37FO2/c1-6-7-9-14-25-27(21(2)3)18-28(22(4)5)29(19-33)31(25)26-16-15-24(32)17-30(26)34-20-23-12-10-8-11-13-23/h8-18,21-22,33H,6-7,19-20H2,1-5H3/b14-9+. The SMILES string of the molecule is CCC/C=C/c1c(C(C)C)cc(C(C)C)c(CO)c1-c1ccc(F)cc1OCc1ccccc1. The van der Waals surface area contributed by atoms with Crippen molar-refractivity contribution in [2.75, 3.05) is 0 Å². The van der Waals surface area contributed by atoms with Gasteiger partial charge in [0.2, 0.25) is 0 Å². The molecule has 0 bridgehead atoms. The van der Waals surface area contributed by atoms with Crippen molar-refractivity contribution in [3.8, 4) is 16.9 Å². The number of benzene rings is 3. The lowest BCUT2D eigenvalue weighted by Crippen LogP contribution is -2.08. The number of halogens is 1.